The van der Waals surface area contributed by atoms with E-state index in [-0.39, 0.29) is 0 Å². The van der Waals surface area contributed by atoms with Crippen molar-refractivity contribution in [3.05, 3.63) is 82.9 Å². The number of piperidine rings is 1. The van der Waals surface area contributed by atoms with E-state index >= 15 is 0 Å². The van der Waals surface area contributed by atoms with Crippen molar-refractivity contribution >= 4 is 11.3 Å². The average molecular weight is 458 g/mol. The number of nitrogens with two attached hydrogens (primary N) is 1. The molecule has 0 bridgehead atoms. The van der Waals surface area contributed by atoms with Crippen molar-refractivity contribution < 1.29 is 0 Å². The van der Waals surface area contributed by atoms with Crippen LogP contribution in [0.15, 0.2) is 49.6 Å². The number of hydrogen-bond donors (Lipinski definition) is 1. The number of likely N-dealkylation sites (N-methyl/N-ethyl adjacent to an activating group) is 1. The number of hydrogen-bond acceptors (Lipinski definition) is 3. The molecule has 2 aromatic rings. The van der Waals surface area contributed by atoms with Gasteiger partial charge in [0.15, 0.2) is 0 Å². The SMILES string of the molecule is C=C(N)c1cccc(CN2CCC(CCCC(=C)c3cc4c(cc3C)CCN(C)CC4)CC2)c1. The van der Waals surface area contributed by atoms with Crippen LogP contribution < -0.4 is 5.73 Å². The highest BCUT2D eigenvalue weighted by molar-refractivity contribution is 5.67. The lowest BCUT2D eigenvalue weighted by molar-refractivity contribution is 0.171. The highest BCUT2D eigenvalue weighted by atomic mass is 15.1. The van der Waals surface area contributed by atoms with Crippen molar-refractivity contribution in [3.63, 3.8) is 0 Å². The Morgan fingerprint density at radius 2 is 1.71 bits per heavy atom. The second-order valence-electron chi connectivity index (χ2n) is 10.7. The number of allylic oxidation sites excluding steroid dienone is 1. The Morgan fingerprint density at radius 3 is 2.41 bits per heavy atom. The van der Waals surface area contributed by atoms with Crippen molar-refractivity contribution in [2.24, 2.45) is 11.7 Å². The zero-order chi connectivity index (χ0) is 24.1. The number of fused-ring (bicyclic) bond motifs is 1. The van der Waals surface area contributed by atoms with Crippen LogP contribution in [-0.2, 0) is 19.4 Å². The first-order valence-corrected chi connectivity index (χ1v) is 13.1. The third-order valence-electron chi connectivity index (χ3n) is 7.96. The summed E-state index contributed by atoms with van der Waals surface area (Å²) in [6, 6.07) is 13.4. The van der Waals surface area contributed by atoms with Crippen molar-refractivity contribution in [2.45, 2.75) is 58.4 Å². The maximum absolute atomic E-state index is 5.87. The topological polar surface area (TPSA) is 32.5 Å². The monoisotopic (exact) mass is 457 g/mol. The first-order chi connectivity index (χ1) is 16.4. The van der Waals surface area contributed by atoms with Crippen LogP contribution in [0.3, 0.4) is 0 Å². The lowest BCUT2D eigenvalue weighted by Crippen LogP contribution is -2.33. The molecular formula is C31H43N3. The van der Waals surface area contributed by atoms with Gasteiger partial charge in [-0.15, -0.1) is 0 Å². The van der Waals surface area contributed by atoms with Crippen LogP contribution in [0, 0.1) is 12.8 Å². The van der Waals surface area contributed by atoms with Gasteiger partial charge in [-0.2, -0.15) is 0 Å². The lowest BCUT2D eigenvalue weighted by Gasteiger charge is -2.32. The Labute approximate surface area is 207 Å². The summed E-state index contributed by atoms with van der Waals surface area (Å²) in [5.74, 6) is 0.850. The predicted molar refractivity (Wildman–Crippen MR) is 147 cm³/mol. The van der Waals surface area contributed by atoms with Crippen LogP contribution in [0.4, 0.5) is 0 Å². The fourth-order valence-electron chi connectivity index (χ4n) is 5.69. The molecule has 1 fully saturated rings. The fourth-order valence-corrected chi connectivity index (χ4v) is 5.69. The third-order valence-corrected chi connectivity index (χ3v) is 7.96. The smallest absolute Gasteiger partial charge is 0.0314 e. The second kappa shape index (κ2) is 11.4. The maximum Gasteiger partial charge on any atom is 0.0314 e. The number of likely N-dealkylation sites (tertiary alicyclic amines) is 1. The van der Waals surface area contributed by atoms with E-state index < -0.39 is 0 Å². The summed E-state index contributed by atoms with van der Waals surface area (Å²) in [6.45, 7) is 16.4. The van der Waals surface area contributed by atoms with E-state index in [2.05, 4.69) is 67.3 Å². The molecule has 0 saturated carbocycles. The van der Waals surface area contributed by atoms with E-state index in [1.807, 2.05) is 6.07 Å². The molecule has 34 heavy (non-hydrogen) atoms. The van der Waals surface area contributed by atoms with Gasteiger partial charge in [-0.05, 0) is 117 Å². The molecule has 2 heterocycles. The molecule has 0 aliphatic carbocycles. The Bertz CT molecular complexity index is 1010. The Morgan fingerprint density at radius 1 is 1.00 bits per heavy atom. The van der Waals surface area contributed by atoms with Crippen molar-refractivity contribution in [2.75, 3.05) is 33.2 Å². The summed E-state index contributed by atoms with van der Waals surface area (Å²) in [4.78, 5) is 5.04. The summed E-state index contributed by atoms with van der Waals surface area (Å²) in [7, 11) is 2.24. The minimum absolute atomic E-state index is 0.649. The molecule has 2 aliphatic rings. The van der Waals surface area contributed by atoms with Crippen LogP contribution in [0.2, 0.25) is 0 Å². The van der Waals surface area contributed by atoms with E-state index in [0.29, 0.717) is 5.70 Å². The fraction of sp³-hybridized carbons (Fsp3) is 0.484. The van der Waals surface area contributed by atoms with Crippen LogP contribution in [0.1, 0.15) is 65.5 Å². The van der Waals surface area contributed by atoms with Crippen molar-refractivity contribution in [1.29, 1.82) is 0 Å². The molecule has 2 N–H and O–H groups in total. The van der Waals surface area contributed by atoms with Gasteiger partial charge >= 0.3 is 0 Å². The molecule has 0 radical (unpaired) electrons. The van der Waals surface area contributed by atoms with E-state index in [0.717, 1.165) is 37.4 Å². The molecule has 4 rings (SSSR count). The zero-order valence-corrected chi connectivity index (χ0v) is 21.4. The molecule has 0 amide bonds. The third kappa shape index (κ3) is 6.40. The summed E-state index contributed by atoms with van der Waals surface area (Å²) in [5, 5.41) is 0. The molecule has 0 spiro atoms. The second-order valence-corrected chi connectivity index (χ2v) is 10.7. The summed E-state index contributed by atoms with van der Waals surface area (Å²) >= 11 is 0. The number of rotatable bonds is 8. The van der Waals surface area contributed by atoms with Crippen molar-refractivity contribution in [1.82, 2.24) is 9.80 Å². The Kier molecular flexibility index (Phi) is 8.28. The summed E-state index contributed by atoms with van der Waals surface area (Å²) < 4.78 is 0. The standard InChI is InChI=1S/C31H43N3/c1-23(31-21-30-14-16-33(4)15-13-29(30)19-24(31)2)7-5-8-26-11-17-34(18-12-26)22-27-9-6-10-28(20-27)25(3)32/h6,9-10,19-21,26H,1,3,5,7-8,11-18,22,32H2,2,4H3. The molecule has 0 unspecified atom stereocenters. The first-order valence-electron chi connectivity index (χ1n) is 13.1. The van der Waals surface area contributed by atoms with Crippen molar-refractivity contribution in [3.8, 4) is 0 Å². The number of aryl methyl sites for hydroxylation is 1. The molecule has 2 aromatic carbocycles. The molecule has 2 aliphatic heterocycles. The summed E-state index contributed by atoms with van der Waals surface area (Å²) in [6.07, 6.45) is 8.65. The van der Waals surface area contributed by atoms with E-state index in [4.69, 9.17) is 5.73 Å². The van der Waals surface area contributed by atoms with Crippen LogP contribution in [0.5, 0.6) is 0 Å². The highest BCUT2D eigenvalue weighted by Crippen LogP contribution is 2.30. The van der Waals surface area contributed by atoms with Gasteiger partial charge in [-0.3, -0.25) is 4.90 Å². The molecule has 0 aromatic heterocycles. The van der Waals surface area contributed by atoms with Gasteiger partial charge in [-0.1, -0.05) is 49.9 Å². The molecule has 1 saturated heterocycles. The van der Waals surface area contributed by atoms with Gasteiger partial charge in [0.05, 0.1) is 0 Å². The highest BCUT2D eigenvalue weighted by Gasteiger charge is 2.20. The Hall–Kier alpha value is -2.36. The number of benzene rings is 2. The molecule has 0 atom stereocenters. The summed E-state index contributed by atoms with van der Waals surface area (Å²) in [5.41, 5.74) is 16.1. The normalized spacial score (nSPS) is 17.8. The van der Waals surface area contributed by atoms with Gasteiger partial charge in [0.2, 0.25) is 0 Å². The van der Waals surface area contributed by atoms with E-state index in [1.165, 1.54) is 74.0 Å². The van der Waals surface area contributed by atoms with Gasteiger partial charge in [0.1, 0.15) is 0 Å². The molecule has 182 valence electrons. The van der Waals surface area contributed by atoms with E-state index in [9.17, 15) is 0 Å². The maximum atomic E-state index is 5.87. The zero-order valence-electron chi connectivity index (χ0n) is 21.4. The lowest BCUT2D eigenvalue weighted by atomic mass is 9.88. The molecule has 3 nitrogen and oxygen atoms in total. The quantitative estimate of drug-likeness (QED) is 0.524. The Balaban J connectivity index is 1.22. The largest absolute Gasteiger partial charge is 0.399 e. The van der Waals surface area contributed by atoms with Gasteiger partial charge in [0, 0.05) is 25.3 Å². The van der Waals surface area contributed by atoms with Gasteiger partial charge in [0.25, 0.3) is 0 Å². The molecular weight excluding hydrogens is 414 g/mol. The minimum atomic E-state index is 0.649. The van der Waals surface area contributed by atoms with Gasteiger partial charge < -0.3 is 10.6 Å². The first kappa shape index (κ1) is 24.8. The van der Waals surface area contributed by atoms with Crippen LogP contribution in [0.25, 0.3) is 11.3 Å². The predicted octanol–water partition coefficient (Wildman–Crippen LogP) is 6.05. The average Bonchev–Trinajstić information content (AvgIpc) is 3.00. The van der Waals surface area contributed by atoms with Gasteiger partial charge in [-0.25, -0.2) is 0 Å². The molecule has 3 heteroatoms. The van der Waals surface area contributed by atoms with Crippen LogP contribution in [-0.4, -0.2) is 43.0 Å². The van der Waals surface area contributed by atoms with E-state index in [1.54, 1.807) is 11.1 Å². The minimum Gasteiger partial charge on any atom is -0.399 e. The number of nitrogens with zero attached hydrogens (tertiary/aromatic N) is 2. The van der Waals surface area contributed by atoms with Crippen LogP contribution >= 0.6 is 0 Å².